The summed E-state index contributed by atoms with van der Waals surface area (Å²) in [6.45, 7) is 1.44. The molecule has 1 N–H and O–H groups in total. The van der Waals surface area contributed by atoms with Crippen molar-refractivity contribution >= 4 is 22.9 Å². The van der Waals surface area contributed by atoms with Crippen LogP contribution in [0.25, 0.3) is 11.0 Å². The minimum absolute atomic E-state index is 0.0151. The molecular weight excluding hydrogens is 328 g/mol. The molecule has 0 unspecified atom stereocenters. The van der Waals surface area contributed by atoms with E-state index in [0.29, 0.717) is 43.0 Å². The third-order valence-corrected chi connectivity index (χ3v) is 3.65. The topological polar surface area (TPSA) is 95.2 Å². The molecule has 0 aliphatic rings. The van der Waals surface area contributed by atoms with Crippen molar-refractivity contribution in [3.63, 3.8) is 0 Å². The fourth-order valence-corrected chi connectivity index (χ4v) is 2.54. The average molecular weight is 350 g/mol. The van der Waals surface area contributed by atoms with Gasteiger partial charge in [-0.25, -0.2) is 4.79 Å². The molecule has 1 heterocycles. The molecule has 1 aromatic heterocycles. The number of carbonyl (C=O) groups is 2. The maximum atomic E-state index is 11.3. The van der Waals surface area contributed by atoms with Crippen LogP contribution >= 0.6 is 0 Å². The first-order chi connectivity index (χ1) is 12.1. The van der Waals surface area contributed by atoms with Gasteiger partial charge >= 0.3 is 11.9 Å². The Morgan fingerprint density at radius 3 is 2.72 bits per heavy atom. The molecule has 0 atom stereocenters. The number of ether oxygens (including phenoxy) is 3. The maximum Gasteiger partial charge on any atom is 0.343 e. The van der Waals surface area contributed by atoms with Crippen LogP contribution in [0.4, 0.5) is 0 Å². The van der Waals surface area contributed by atoms with E-state index in [1.165, 1.54) is 14.0 Å². The number of esters is 2. The second kappa shape index (κ2) is 9.08. The molecule has 7 heteroatoms. The number of aliphatic hydroxyl groups is 1. The number of carbonyl (C=O) groups excluding carboxylic acids is 2. The Balaban J connectivity index is 2.23. The molecule has 25 heavy (non-hydrogen) atoms. The molecular formula is C18H22O7. The summed E-state index contributed by atoms with van der Waals surface area (Å²) >= 11 is 0. The Kier molecular flexibility index (Phi) is 6.82. The van der Waals surface area contributed by atoms with Crippen LogP contribution in [0.1, 0.15) is 24.7 Å². The van der Waals surface area contributed by atoms with E-state index in [4.69, 9.17) is 13.9 Å². The van der Waals surface area contributed by atoms with Crippen molar-refractivity contribution in [3.05, 3.63) is 29.5 Å². The number of hydrogen-bond acceptors (Lipinski definition) is 7. The first-order valence-corrected chi connectivity index (χ1v) is 8.04. The lowest BCUT2D eigenvalue weighted by Crippen LogP contribution is -2.12. The Hall–Kier alpha value is -2.54. The van der Waals surface area contributed by atoms with Crippen LogP contribution in [-0.4, -0.2) is 44.0 Å². The highest BCUT2D eigenvalue weighted by Gasteiger charge is 2.17. The zero-order valence-corrected chi connectivity index (χ0v) is 14.4. The Morgan fingerprint density at radius 1 is 1.24 bits per heavy atom. The van der Waals surface area contributed by atoms with E-state index in [0.717, 1.165) is 10.9 Å². The van der Waals surface area contributed by atoms with E-state index >= 15 is 0 Å². The minimum atomic E-state index is -0.485. The Morgan fingerprint density at radius 2 is 2.04 bits per heavy atom. The van der Waals surface area contributed by atoms with E-state index in [1.54, 1.807) is 12.1 Å². The summed E-state index contributed by atoms with van der Waals surface area (Å²) in [6.07, 6.45) is 1.61. The van der Waals surface area contributed by atoms with E-state index in [-0.39, 0.29) is 19.2 Å². The van der Waals surface area contributed by atoms with Gasteiger partial charge < -0.3 is 23.7 Å². The van der Waals surface area contributed by atoms with Crippen LogP contribution in [0.2, 0.25) is 0 Å². The second-order valence-electron chi connectivity index (χ2n) is 5.42. The van der Waals surface area contributed by atoms with Gasteiger partial charge in [-0.2, -0.15) is 0 Å². The summed E-state index contributed by atoms with van der Waals surface area (Å²) < 4.78 is 20.9. The third kappa shape index (κ3) is 4.96. The van der Waals surface area contributed by atoms with Crippen LogP contribution < -0.4 is 4.74 Å². The molecule has 7 nitrogen and oxygen atoms in total. The zero-order valence-electron chi connectivity index (χ0n) is 14.4. The SMILES string of the molecule is COC(=O)COc1cccc2c(CCO)c(CCCOC(C)=O)oc12. The zero-order chi connectivity index (χ0) is 18.2. The number of para-hydroxylation sites is 1. The first kappa shape index (κ1) is 18.8. The first-order valence-electron chi connectivity index (χ1n) is 8.04. The summed E-state index contributed by atoms with van der Waals surface area (Å²) in [6, 6.07) is 5.39. The molecule has 0 saturated heterocycles. The van der Waals surface area contributed by atoms with E-state index in [9.17, 15) is 14.7 Å². The van der Waals surface area contributed by atoms with Gasteiger partial charge in [-0.05, 0) is 18.9 Å². The highest BCUT2D eigenvalue weighted by Crippen LogP contribution is 2.33. The van der Waals surface area contributed by atoms with Gasteiger partial charge in [-0.3, -0.25) is 4.79 Å². The molecule has 2 aromatic rings. The number of fused-ring (bicyclic) bond motifs is 1. The largest absolute Gasteiger partial charge is 0.478 e. The standard InChI is InChI=1S/C18H22O7/c1-12(20)23-10-4-7-15-13(8-9-19)14-5-3-6-16(18(14)25-15)24-11-17(21)22-2/h3,5-6,19H,4,7-11H2,1-2H3. The van der Waals surface area contributed by atoms with Gasteiger partial charge in [0.05, 0.1) is 13.7 Å². The summed E-state index contributed by atoms with van der Waals surface area (Å²) in [4.78, 5) is 22.1. The predicted octanol–water partition coefficient (Wildman–Crippen LogP) is 2.02. The van der Waals surface area contributed by atoms with E-state index in [1.807, 2.05) is 6.07 Å². The van der Waals surface area contributed by atoms with Crippen LogP contribution in [0.5, 0.6) is 5.75 Å². The summed E-state index contributed by atoms with van der Waals surface area (Å²) in [5.74, 6) is 0.345. The number of benzene rings is 1. The molecule has 1 aromatic carbocycles. The number of hydrogen-bond donors (Lipinski definition) is 1. The Labute approximate surface area is 145 Å². The number of rotatable bonds is 9. The fourth-order valence-electron chi connectivity index (χ4n) is 2.54. The van der Waals surface area contributed by atoms with Crippen molar-refractivity contribution in [1.82, 2.24) is 0 Å². The van der Waals surface area contributed by atoms with Crippen LogP contribution in [0.15, 0.2) is 22.6 Å². The quantitative estimate of drug-likeness (QED) is 0.546. The van der Waals surface area contributed by atoms with Gasteiger partial charge in [0.2, 0.25) is 0 Å². The minimum Gasteiger partial charge on any atom is -0.478 e. The second-order valence-corrected chi connectivity index (χ2v) is 5.42. The number of aryl methyl sites for hydroxylation is 1. The van der Waals surface area contributed by atoms with Crippen LogP contribution in [0.3, 0.4) is 0 Å². The molecule has 0 fully saturated rings. The molecule has 0 amide bonds. The molecule has 136 valence electrons. The Bertz CT molecular complexity index is 732. The monoisotopic (exact) mass is 350 g/mol. The van der Waals surface area contributed by atoms with Gasteiger partial charge in [0.1, 0.15) is 5.76 Å². The van der Waals surface area contributed by atoms with Gasteiger partial charge in [0.15, 0.2) is 17.9 Å². The lowest BCUT2D eigenvalue weighted by atomic mass is 10.1. The van der Waals surface area contributed by atoms with Gasteiger partial charge in [-0.15, -0.1) is 0 Å². The molecule has 0 radical (unpaired) electrons. The van der Waals surface area contributed by atoms with E-state index < -0.39 is 5.97 Å². The van der Waals surface area contributed by atoms with Crippen LogP contribution in [0, 0.1) is 0 Å². The number of methoxy groups -OCH3 is 1. The van der Waals surface area contributed by atoms with E-state index in [2.05, 4.69) is 4.74 Å². The highest BCUT2D eigenvalue weighted by atomic mass is 16.6. The van der Waals surface area contributed by atoms with Gasteiger partial charge in [0.25, 0.3) is 0 Å². The van der Waals surface area contributed by atoms with Crippen molar-refractivity contribution < 1.29 is 33.3 Å². The third-order valence-electron chi connectivity index (χ3n) is 3.65. The van der Waals surface area contributed by atoms with Crippen molar-refractivity contribution in [2.75, 3.05) is 26.9 Å². The highest BCUT2D eigenvalue weighted by molar-refractivity contribution is 5.87. The van der Waals surface area contributed by atoms with Crippen molar-refractivity contribution in [2.24, 2.45) is 0 Å². The number of furan rings is 1. The fraction of sp³-hybridized carbons (Fsp3) is 0.444. The average Bonchev–Trinajstić information content (AvgIpc) is 2.95. The van der Waals surface area contributed by atoms with Crippen molar-refractivity contribution in [3.8, 4) is 5.75 Å². The van der Waals surface area contributed by atoms with Crippen molar-refractivity contribution in [1.29, 1.82) is 0 Å². The van der Waals surface area contributed by atoms with Gasteiger partial charge in [-0.1, -0.05) is 12.1 Å². The lowest BCUT2D eigenvalue weighted by Gasteiger charge is -2.05. The summed E-state index contributed by atoms with van der Waals surface area (Å²) in [5, 5.41) is 10.2. The molecule has 0 spiro atoms. The molecule has 0 bridgehead atoms. The number of aliphatic hydroxyl groups excluding tert-OH is 1. The smallest absolute Gasteiger partial charge is 0.343 e. The van der Waals surface area contributed by atoms with Crippen molar-refractivity contribution in [2.45, 2.75) is 26.2 Å². The van der Waals surface area contributed by atoms with Crippen LogP contribution in [-0.2, 0) is 31.9 Å². The lowest BCUT2D eigenvalue weighted by molar-refractivity contribution is -0.143. The summed E-state index contributed by atoms with van der Waals surface area (Å²) in [5.41, 5.74) is 1.42. The molecule has 0 saturated carbocycles. The molecule has 0 aliphatic carbocycles. The normalized spacial score (nSPS) is 10.7. The molecule has 0 aliphatic heterocycles. The van der Waals surface area contributed by atoms with Gasteiger partial charge in [0, 0.05) is 30.9 Å². The maximum absolute atomic E-state index is 11.3. The predicted molar refractivity (Wildman–Crippen MR) is 89.5 cm³/mol. The molecule has 2 rings (SSSR count). The summed E-state index contributed by atoms with van der Waals surface area (Å²) in [7, 11) is 1.29.